The van der Waals surface area contributed by atoms with E-state index in [2.05, 4.69) is 95.8 Å². The number of unbranched alkanes of at least 4 members (excludes halogenated alkanes) is 8. The number of phosphoric ester groups is 2. The van der Waals surface area contributed by atoms with Crippen molar-refractivity contribution in [1.29, 1.82) is 0 Å². The average Bonchev–Trinajstić information content (AvgIpc) is 3.96. The fourth-order valence-electron chi connectivity index (χ4n) is 5.56. The van der Waals surface area contributed by atoms with Crippen molar-refractivity contribution in [1.82, 2.24) is 0 Å². The minimum atomic E-state index is -4.88. The molecule has 1 heterocycles. The molecule has 1 rings (SSSR count). The van der Waals surface area contributed by atoms with Gasteiger partial charge in [-0.2, -0.15) is 0 Å². The predicted molar refractivity (Wildman–Crippen MR) is 234 cm³/mol. The molecule has 344 valence electrons. The number of esters is 2. The van der Waals surface area contributed by atoms with E-state index in [9.17, 15) is 28.7 Å². The molecule has 0 aromatic carbocycles. The summed E-state index contributed by atoms with van der Waals surface area (Å²) < 4.78 is 53.5. The second-order valence-corrected chi connectivity index (χ2v) is 17.3. The van der Waals surface area contributed by atoms with E-state index in [0.717, 1.165) is 57.8 Å². The minimum Gasteiger partial charge on any atom is -0.462 e. The second kappa shape index (κ2) is 36.0. The van der Waals surface area contributed by atoms with E-state index in [0.29, 0.717) is 19.3 Å². The van der Waals surface area contributed by atoms with E-state index in [1.54, 1.807) is 0 Å². The molecule has 14 nitrogen and oxygen atoms in total. The average molecular weight is 889 g/mol. The normalized spacial score (nSPS) is 18.1. The first-order valence-electron chi connectivity index (χ1n) is 21.8. The van der Waals surface area contributed by atoms with Gasteiger partial charge < -0.3 is 34.0 Å². The largest absolute Gasteiger partial charge is 0.472 e. The molecular formula is C44H74O14P2. The third-order valence-electron chi connectivity index (χ3n) is 8.98. The lowest BCUT2D eigenvalue weighted by Crippen LogP contribution is -2.30. The summed E-state index contributed by atoms with van der Waals surface area (Å²) in [5.74, 6) is -1.16. The summed E-state index contributed by atoms with van der Waals surface area (Å²) in [6.07, 6.45) is 40.6. The fraction of sp³-hybridized carbons (Fsp3) is 0.682. The SMILES string of the molecule is CCCCC/C=C\C/C=C\C/C=C\CCCCC(=O)O[C@H](COC(=O)CCCC1OC1C/C=C\C/C=C\C/C=C\CCCCC)COP(=O)(O)OC[C@@H](O)COP(=O)(O)O. The summed E-state index contributed by atoms with van der Waals surface area (Å²) in [4.78, 5) is 52.8. The Morgan fingerprint density at radius 3 is 1.62 bits per heavy atom. The Kier molecular flexibility index (Phi) is 33.4. The number of allylic oxidation sites excluding steroid dienone is 11. The summed E-state index contributed by atoms with van der Waals surface area (Å²) in [5.41, 5.74) is 0. The van der Waals surface area contributed by atoms with E-state index >= 15 is 0 Å². The molecule has 60 heavy (non-hydrogen) atoms. The molecule has 0 aliphatic carbocycles. The number of carbonyl (C=O) groups excluding carboxylic acids is 2. The van der Waals surface area contributed by atoms with Gasteiger partial charge in [0.25, 0.3) is 0 Å². The molecule has 0 spiro atoms. The van der Waals surface area contributed by atoms with Crippen LogP contribution in [0.3, 0.4) is 0 Å². The highest BCUT2D eigenvalue weighted by atomic mass is 31.2. The van der Waals surface area contributed by atoms with Crippen molar-refractivity contribution in [3.63, 3.8) is 0 Å². The Hall–Kier alpha value is -2.48. The second-order valence-electron chi connectivity index (χ2n) is 14.6. The number of ether oxygens (including phenoxy) is 3. The van der Waals surface area contributed by atoms with Crippen molar-refractivity contribution >= 4 is 27.6 Å². The molecule has 0 aromatic rings. The first-order valence-corrected chi connectivity index (χ1v) is 24.8. The topological polar surface area (TPSA) is 208 Å². The molecule has 0 bridgehead atoms. The molecule has 1 fully saturated rings. The maximum absolute atomic E-state index is 12.7. The first kappa shape index (κ1) is 55.5. The molecule has 0 radical (unpaired) electrons. The maximum atomic E-state index is 12.7. The molecule has 16 heteroatoms. The van der Waals surface area contributed by atoms with Crippen LogP contribution in [0.25, 0.3) is 0 Å². The van der Waals surface area contributed by atoms with E-state index in [1.807, 2.05) is 0 Å². The van der Waals surface area contributed by atoms with Gasteiger partial charge >= 0.3 is 27.6 Å². The Bertz CT molecular complexity index is 1400. The van der Waals surface area contributed by atoms with Crippen molar-refractivity contribution in [2.45, 2.75) is 167 Å². The standard InChI is InChI=1S/C44H74O14P2/c1-3-5-7-9-11-13-15-17-18-19-21-23-25-27-29-33-44(47)57-40(38-56-60(51,52)55-36-39(45)35-54-59(48,49)50)37-53-43(46)34-30-32-42-41(58-42)31-28-26-24-22-20-16-14-12-10-8-6-4-2/h11-14,17-18,20-23,26,28,39-42,45H,3-10,15-16,19,24-25,27,29-38H2,1-2H3,(H,51,52)(H2,48,49,50)/b13-11-,14-12-,18-17-,22-20-,23-21-,28-26-/t39-,40+,41?,42?/m0/s1. The number of carbonyl (C=O) groups is 2. The monoisotopic (exact) mass is 888 g/mol. The highest BCUT2D eigenvalue weighted by Gasteiger charge is 2.36. The van der Waals surface area contributed by atoms with Gasteiger partial charge in [0.2, 0.25) is 0 Å². The molecule has 3 unspecified atom stereocenters. The van der Waals surface area contributed by atoms with Crippen LogP contribution in [0.15, 0.2) is 72.9 Å². The zero-order valence-electron chi connectivity index (χ0n) is 36.0. The molecule has 5 atom stereocenters. The van der Waals surface area contributed by atoms with Crippen molar-refractivity contribution in [3.8, 4) is 0 Å². The Balaban J connectivity index is 2.45. The first-order chi connectivity index (χ1) is 28.8. The summed E-state index contributed by atoms with van der Waals surface area (Å²) >= 11 is 0. The summed E-state index contributed by atoms with van der Waals surface area (Å²) in [5, 5.41) is 9.75. The van der Waals surface area contributed by atoms with Gasteiger partial charge in [0.15, 0.2) is 6.10 Å². The molecule has 0 saturated carbocycles. The predicted octanol–water partition coefficient (Wildman–Crippen LogP) is 9.99. The molecule has 4 N–H and O–H groups in total. The quantitative estimate of drug-likeness (QED) is 0.0149. The van der Waals surface area contributed by atoms with Crippen LogP contribution in [0, 0.1) is 0 Å². The van der Waals surface area contributed by atoms with Crippen LogP contribution < -0.4 is 0 Å². The van der Waals surface area contributed by atoms with Gasteiger partial charge in [-0.05, 0) is 89.9 Å². The lowest BCUT2D eigenvalue weighted by atomic mass is 10.1. The van der Waals surface area contributed by atoms with E-state index in [-0.39, 0.29) is 25.0 Å². The van der Waals surface area contributed by atoms with Crippen LogP contribution in [0.2, 0.25) is 0 Å². The maximum Gasteiger partial charge on any atom is 0.472 e. The van der Waals surface area contributed by atoms with Crippen molar-refractivity contribution in [2.75, 3.05) is 26.4 Å². The smallest absolute Gasteiger partial charge is 0.462 e. The lowest BCUT2D eigenvalue weighted by Gasteiger charge is -2.20. The van der Waals surface area contributed by atoms with Gasteiger partial charge in [-0.25, -0.2) is 9.13 Å². The van der Waals surface area contributed by atoms with Crippen molar-refractivity contribution in [2.24, 2.45) is 0 Å². The van der Waals surface area contributed by atoms with Crippen LogP contribution in [0.1, 0.15) is 142 Å². The number of aliphatic hydroxyl groups excluding tert-OH is 1. The van der Waals surface area contributed by atoms with Gasteiger partial charge in [0.1, 0.15) is 12.7 Å². The third-order valence-corrected chi connectivity index (χ3v) is 10.4. The van der Waals surface area contributed by atoms with Crippen molar-refractivity contribution < 1.29 is 66.3 Å². The molecule has 1 aliphatic rings. The van der Waals surface area contributed by atoms with Crippen LogP contribution >= 0.6 is 15.6 Å². The minimum absolute atomic E-state index is 0.0626. The zero-order chi connectivity index (χ0) is 44.2. The van der Waals surface area contributed by atoms with Gasteiger partial charge in [0, 0.05) is 12.8 Å². The number of hydrogen-bond acceptors (Lipinski definition) is 11. The van der Waals surface area contributed by atoms with Gasteiger partial charge in [-0.15, -0.1) is 0 Å². The van der Waals surface area contributed by atoms with Crippen molar-refractivity contribution in [3.05, 3.63) is 72.9 Å². The van der Waals surface area contributed by atoms with Crippen LogP contribution in [-0.2, 0) is 46.5 Å². The summed E-state index contributed by atoms with van der Waals surface area (Å²) in [7, 11) is -9.72. The number of epoxide rings is 1. The number of phosphoric acid groups is 2. The Morgan fingerprint density at radius 1 is 0.583 bits per heavy atom. The van der Waals surface area contributed by atoms with E-state index < -0.39 is 66.2 Å². The Labute approximate surface area is 359 Å². The molecule has 1 saturated heterocycles. The number of rotatable bonds is 39. The zero-order valence-corrected chi connectivity index (χ0v) is 37.8. The Morgan fingerprint density at radius 2 is 1.07 bits per heavy atom. The molecule has 1 aliphatic heterocycles. The van der Waals surface area contributed by atoms with Crippen LogP contribution in [0.5, 0.6) is 0 Å². The molecule has 0 aromatic heterocycles. The van der Waals surface area contributed by atoms with Gasteiger partial charge in [-0.1, -0.05) is 112 Å². The highest BCUT2D eigenvalue weighted by Crippen LogP contribution is 2.44. The van der Waals surface area contributed by atoms with Gasteiger partial charge in [-0.3, -0.25) is 23.2 Å². The highest BCUT2D eigenvalue weighted by molar-refractivity contribution is 7.47. The summed E-state index contributed by atoms with van der Waals surface area (Å²) in [6.45, 7) is 1.56. The van der Waals surface area contributed by atoms with E-state index in [1.165, 1.54) is 38.5 Å². The van der Waals surface area contributed by atoms with Crippen LogP contribution in [0.4, 0.5) is 0 Å². The lowest BCUT2D eigenvalue weighted by molar-refractivity contribution is -0.161. The summed E-state index contributed by atoms with van der Waals surface area (Å²) in [6, 6.07) is 0. The molecular weight excluding hydrogens is 814 g/mol. The number of aliphatic hydroxyl groups is 1. The van der Waals surface area contributed by atoms with Crippen LogP contribution in [-0.4, -0.2) is 82.6 Å². The van der Waals surface area contributed by atoms with E-state index in [4.69, 9.17) is 28.5 Å². The van der Waals surface area contributed by atoms with Gasteiger partial charge in [0.05, 0.1) is 32.0 Å². The molecule has 0 amide bonds. The third kappa shape index (κ3) is 36.2. The fourth-order valence-corrected chi connectivity index (χ4v) is 6.71. The number of hydrogen-bond donors (Lipinski definition) is 4.